The minimum Gasteiger partial charge on any atom is -0.378 e. The van der Waals surface area contributed by atoms with Crippen LogP contribution in [0, 0.1) is 6.92 Å². The number of hydrogen-bond acceptors (Lipinski definition) is 8. The molecule has 2 atom stereocenters. The molecule has 4 aromatic rings. The number of halogens is 1. The number of nitrogens with one attached hydrogen (secondary N) is 2. The van der Waals surface area contributed by atoms with E-state index in [1.807, 2.05) is 38.4 Å². The van der Waals surface area contributed by atoms with Gasteiger partial charge in [0.1, 0.15) is 23.0 Å². The van der Waals surface area contributed by atoms with Crippen LogP contribution in [0.1, 0.15) is 32.1 Å². The van der Waals surface area contributed by atoms with Gasteiger partial charge in [-0.05, 0) is 45.4 Å². The number of aryl methyl sites for hydroxylation is 1. The molecule has 10 nitrogen and oxygen atoms in total. The summed E-state index contributed by atoms with van der Waals surface area (Å²) in [6, 6.07) is 6.25. The van der Waals surface area contributed by atoms with Crippen LogP contribution in [0.5, 0.6) is 0 Å². The first-order valence-corrected chi connectivity index (χ1v) is 12.6. The number of fused-ring (bicyclic) bond motifs is 2. The molecule has 190 valence electrons. The molecule has 2 N–H and O–H groups in total. The van der Waals surface area contributed by atoms with E-state index >= 15 is 4.39 Å². The van der Waals surface area contributed by atoms with E-state index in [9.17, 15) is 0 Å². The number of piperidine rings is 1. The van der Waals surface area contributed by atoms with E-state index in [1.54, 1.807) is 4.52 Å². The number of imidazole rings is 1. The van der Waals surface area contributed by atoms with Gasteiger partial charge in [0.05, 0.1) is 31.0 Å². The SMILES string of the molecule is CNc1nc(N[C@@H]2CCN(C3COC3)C[C@H]2F)nn2ccc(-c3ccc4nc(C)n(C(C)C)c4n3)c12. The maximum atomic E-state index is 15.0. The Labute approximate surface area is 208 Å². The molecule has 0 spiro atoms. The van der Waals surface area contributed by atoms with E-state index in [4.69, 9.17) is 14.7 Å². The summed E-state index contributed by atoms with van der Waals surface area (Å²) in [5.74, 6) is 2.00. The van der Waals surface area contributed by atoms with Crippen molar-refractivity contribution in [1.82, 2.24) is 34.0 Å². The Hall–Kier alpha value is -3.31. The van der Waals surface area contributed by atoms with Crippen LogP contribution in [0.4, 0.5) is 16.2 Å². The quantitative estimate of drug-likeness (QED) is 0.422. The van der Waals surface area contributed by atoms with Crippen molar-refractivity contribution >= 4 is 28.4 Å². The second kappa shape index (κ2) is 8.97. The van der Waals surface area contributed by atoms with Gasteiger partial charge in [0.25, 0.3) is 0 Å². The lowest BCUT2D eigenvalue weighted by Crippen LogP contribution is -2.57. The first-order chi connectivity index (χ1) is 17.4. The van der Waals surface area contributed by atoms with Crippen molar-refractivity contribution in [1.29, 1.82) is 0 Å². The molecule has 2 aliphatic heterocycles. The molecule has 2 fully saturated rings. The average Bonchev–Trinajstić information content (AvgIpc) is 3.38. The fraction of sp³-hybridized carbons (Fsp3) is 0.520. The van der Waals surface area contributed by atoms with E-state index in [-0.39, 0.29) is 12.1 Å². The summed E-state index contributed by atoms with van der Waals surface area (Å²) in [6.45, 7) is 8.91. The highest BCUT2D eigenvalue weighted by molar-refractivity contribution is 5.89. The average molecular weight is 494 g/mol. The highest BCUT2D eigenvalue weighted by atomic mass is 19.1. The predicted octanol–water partition coefficient (Wildman–Crippen LogP) is 3.30. The van der Waals surface area contributed by atoms with E-state index in [0.717, 1.165) is 40.3 Å². The first kappa shape index (κ1) is 23.1. The third-order valence-electron chi connectivity index (χ3n) is 7.28. The predicted molar refractivity (Wildman–Crippen MR) is 137 cm³/mol. The van der Waals surface area contributed by atoms with Gasteiger partial charge in [0, 0.05) is 37.9 Å². The Balaban J connectivity index is 1.30. The molecule has 0 amide bonds. The number of rotatable bonds is 6. The molecule has 6 rings (SSSR count). The van der Waals surface area contributed by atoms with Crippen molar-refractivity contribution in [2.24, 2.45) is 0 Å². The zero-order chi connectivity index (χ0) is 25.0. The van der Waals surface area contributed by atoms with Crippen LogP contribution in [0.2, 0.25) is 0 Å². The Morgan fingerprint density at radius 3 is 2.67 bits per heavy atom. The third-order valence-corrected chi connectivity index (χ3v) is 7.28. The topological polar surface area (TPSA) is 97.4 Å². The zero-order valence-electron chi connectivity index (χ0n) is 21.1. The molecular formula is C25H32FN9O. The van der Waals surface area contributed by atoms with E-state index in [1.165, 1.54) is 0 Å². The molecule has 0 bridgehead atoms. The van der Waals surface area contributed by atoms with E-state index in [2.05, 4.69) is 44.0 Å². The number of likely N-dealkylation sites (tertiary alicyclic amines) is 1. The summed E-state index contributed by atoms with van der Waals surface area (Å²) in [5.41, 5.74) is 4.30. The van der Waals surface area contributed by atoms with Gasteiger partial charge < -0.3 is 19.9 Å². The van der Waals surface area contributed by atoms with Crippen LogP contribution < -0.4 is 10.6 Å². The van der Waals surface area contributed by atoms with Crippen molar-refractivity contribution in [3.63, 3.8) is 0 Å². The largest absolute Gasteiger partial charge is 0.378 e. The Morgan fingerprint density at radius 2 is 1.97 bits per heavy atom. The number of ether oxygens (including phenoxy) is 1. The van der Waals surface area contributed by atoms with Crippen molar-refractivity contribution in [2.75, 3.05) is 44.0 Å². The summed E-state index contributed by atoms with van der Waals surface area (Å²) in [7, 11) is 1.83. The van der Waals surface area contributed by atoms with Gasteiger partial charge in [-0.2, -0.15) is 4.98 Å². The second-order valence-electron chi connectivity index (χ2n) is 9.96. The minimum atomic E-state index is -0.998. The zero-order valence-corrected chi connectivity index (χ0v) is 21.1. The molecule has 11 heteroatoms. The summed E-state index contributed by atoms with van der Waals surface area (Å²) in [4.78, 5) is 16.5. The molecule has 2 aliphatic rings. The van der Waals surface area contributed by atoms with Gasteiger partial charge in [-0.25, -0.2) is 18.9 Å². The monoisotopic (exact) mass is 493 g/mol. The Kier molecular flexibility index (Phi) is 5.76. The van der Waals surface area contributed by atoms with Gasteiger partial charge in [0.2, 0.25) is 5.95 Å². The summed E-state index contributed by atoms with van der Waals surface area (Å²) in [5, 5.41) is 11.1. The van der Waals surface area contributed by atoms with E-state index in [0.29, 0.717) is 44.0 Å². The van der Waals surface area contributed by atoms with Gasteiger partial charge in [0.15, 0.2) is 11.5 Å². The highest BCUT2D eigenvalue weighted by Gasteiger charge is 2.35. The number of hydrogen-bond donors (Lipinski definition) is 2. The third kappa shape index (κ3) is 3.86. The molecule has 4 aromatic heterocycles. The van der Waals surface area contributed by atoms with Crippen molar-refractivity contribution in [3.8, 4) is 11.3 Å². The van der Waals surface area contributed by atoms with Crippen molar-refractivity contribution in [3.05, 3.63) is 30.2 Å². The van der Waals surface area contributed by atoms with Gasteiger partial charge in [-0.15, -0.1) is 5.10 Å². The van der Waals surface area contributed by atoms with Crippen LogP contribution in [0.25, 0.3) is 27.9 Å². The summed E-state index contributed by atoms with van der Waals surface area (Å²) >= 11 is 0. The lowest BCUT2D eigenvalue weighted by molar-refractivity contribution is -0.0794. The summed E-state index contributed by atoms with van der Waals surface area (Å²) in [6.07, 6.45) is 1.58. The number of anilines is 2. The molecular weight excluding hydrogens is 461 g/mol. The Morgan fingerprint density at radius 1 is 1.14 bits per heavy atom. The normalized spacial score (nSPS) is 21.4. The summed E-state index contributed by atoms with van der Waals surface area (Å²) < 4.78 is 24.2. The molecule has 6 heterocycles. The molecule has 2 saturated heterocycles. The molecule has 0 radical (unpaired) electrons. The maximum Gasteiger partial charge on any atom is 0.243 e. The van der Waals surface area contributed by atoms with Gasteiger partial charge >= 0.3 is 0 Å². The molecule has 36 heavy (non-hydrogen) atoms. The number of nitrogens with zero attached hydrogens (tertiary/aromatic N) is 7. The lowest BCUT2D eigenvalue weighted by atomic mass is 10.0. The maximum absolute atomic E-state index is 15.0. The molecule has 0 aliphatic carbocycles. The number of alkyl halides is 1. The van der Waals surface area contributed by atoms with Crippen LogP contribution in [-0.4, -0.2) is 85.6 Å². The minimum absolute atomic E-state index is 0.251. The Bertz CT molecular complexity index is 1410. The fourth-order valence-corrected chi connectivity index (χ4v) is 5.34. The van der Waals surface area contributed by atoms with Crippen molar-refractivity contribution < 1.29 is 9.13 Å². The smallest absolute Gasteiger partial charge is 0.243 e. The molecule has 0 saturated carbocycles. The van der Waals surface area contributed by atoms with E-state index < -0.39 is 6.17 Å². The van der Waals surface area contributed by atoms with Crippen LogP contribution in [0.3, 0.4) is 0 Å². The number of aromatic nitrogens is 6. The van der Waals surface area contributed by atoms with Gasteiger partial charge in [-0.3, -0.25) is 4.90 Å². The van der Waals surface area contributed by atoms with Crippen LogP contribution >= 0.6 is 0 Å². The first-order valence-electron chi connectivity index (χ1n) is 12.6. The number of pyridine rings is 1. The second-order valence-corrected chi connectivity index (χ2v) is 9.96. The highest BCUT2D eigenvalue weighted by Crippen LogP contribution is 2.31. The molecule has 0 unspecified atom stereocenters. The van der Waals surface area contributed by atoms with Crippen molar-refractivity contribution in [2.45, 2.75) is 51.5 Å². The van der Waals surface area contributed by atoms with Crippen LogP contribution in [-0.2, 0) is 4.74 Å². The standard InChI is InChI=1S/C25H32FN9O/c1-14(2)35-15(3)28-21-6-5-19(29-24(21)35)17-7-10-34-22(17)23(27-4)31-25(32-34)30-20-8-9-33(11-18(20)26)16-12-36-13-16/h5-7,10,14,16,18,20H,8-9,11-13H2,1-4H3,(H2,27,30,31,32)/t18-,20-/m1/s1. The van der Waals surface area contributed by atoms with Gasteiger partial charge in [-0.1, -0.05) is 0 Å². The molecule has 0 aromatic carbocycles. The lowest BCUT2D eigenvalue weighted by Gasteiger charge is -2.42. The fourth-order valence-electron chi connectivity index (χ4n) is 5.34. The van der Waals surface area contributed by atoms with Crippen LogP contribution in [0.15, 0.2) is 24.4 Å².